The summed E-state index contributed by atoms with van der Waals surface area (Å²) in [6.07, 6.45) is 2.89. The zero-order valence-corrected chi connectivity index (χ0v) is 12.4. The van der Waals surface area contributed by atoms with Crippen LogP contribution in [0.4, 0.5) is 8.78 Å². The van der Waals surface area contributed by atoms with Crippen molar-refractivity contribution in [2.75, 3.05) is 26.2 Å². The second kappa shape index (κ2) is 7.50. The van der Waals surface area contributed by atoms with Gasteiger partial charge in [-0.1, -0.05) is 6.92 Å². The largest absolute Gasteiger partial charge is 0.338 e. The van der Waals surface area contributed by atoms with Gasteiger partial charge in [0.2, 0.25) is 0 Å². The van der Waals surface area contributed by atoms with Gasteiger partial charge in [-0.15, -0.1) is 0 Å². The molecule has 116 valence electrons. The lowest BCUT2D eigenvalue weighted by atomic mass is 9.97. The predicted molar refractivity (Wildman–Crippen MR) is 78.1 cm³/mol. The normalized spacial score (nSPS) is 16.0. The van der Waals surface area contributed by atoms with Crippen LogP contribution in [0.1, 0.15) is 36.5 Å². The van der Waals surface area contributed by atoms with Crippen molar-refractivity contribution in [2.24, 2.45) is 5.92 Å². The van der Waals surface area contributed by atoms with Gasteiger partial charge in [0.1, 0.15) is 11.6 Å². The first-order valence-electron chi connectivity index (χ1n) is 7.56. The van der Waals surface area contributed by atoms with Gasteiger partial charge < -0.3 is 10.2 Å². The number of amides is 1. The highest BCUT2D eigenvalue weighted by atomic mass is 19.1. The van der Waals surface area contributed by atoms with Crippen LogP contribution in [-0.2, 0) is 0 Å². The third kappa shape index (κ3) is 4.49. The fourth-order valence-electron chi connectivity index (χ4n) is 2.78. The van der Waals surface area contributed by atoms with E-state index in [4.69, 9.17) is 0 Å². The van der Waals surface area contributed by atoms with Gasteiger partial charge in [-0.05, 0) is 50.4 Å². The van der Waals surface area contributed by atoms with Gasteiger partial charge in [-0.2, -0.15) is 0 Å². The van der Waals surface area contributed by atoms with Crippen molar-refractivity contribution in [1.82, 2.24) is 10.2 Å². The van der Waals surface area contributed by atoms with Gasteiger partial charge in [-0.25, -0.2) is 8.78 Å². The van der Waals surface area contributed by atoms with Crippen LogP contribution in [0.25, 0.3) is 0 Å². The van der Waals surface area contributed by atoms with Crippen LogP contribution >= 0.6 is 0 Å². The number of hydrogen-bond acceptors (Lipinski definition) is 2. The molecule has 1 fully saturated rings. The summed E-state index contributed by atoms with van der Waals surface area (Å²) in [7, 11) is 0. The average Bonchev–Trinajstić information content (AvgIpc) is 2.46. The number of nitrogens with zero attached hydrogens (tertiary/aromatic N) is 1. The van der Waals surface area contributed by atoms with Crippen LogP contribution < -0.4 is 5.32 Å². The standard InChI is InChI=1S/C16H22F2N2O/c1-2-7-20(11-12-3-5-19-6-4-12)16(21)13-8-14(17)10-15(18)9-13/h8-10,12,19H,2-7,11H2,1H3. The summed E-state index contributed by atoms with van der Waals surface area (Å²) >= 11 is 0. The molecular weight excluding hydrogens is 274 g/mol. The highest BCUT2D eigenvalue weighted by Crippen LogP contribution is 2.17. The van der Waals surface area contributed by atoms with Crippen molar-refractivity contribution in [1.29, 1.82) is 0 Å². The minimum Gasteiger partial charge on any atom is -0.338 e. The first-order valence-corrected chi connectivity index (χ1v) is 7.56. The fraction of sp³-hybridized carbons (Fsp3) is 0.562. The van der Waals surface area contributed by atoms with Crippen molar-refractivity contribution in [3.05, 3.63) is 35.4 Å². The maximum absolute atomic E-state index is 13.3. The van der Waals surface area contributed by atoms with Crippen LogP contribution in [0.15, 0.2) is 18.2 Å². The van der Waals surface area contributed by atoms with E-state index in [-0.39, 0.29) is 11.5 Å². The Hall–Kier alpha value is -1.49. The number of rotatable bonds is 5. The number of benzene rings is 1. The third-order valence-corrected chi connectivity index (χ3v) is 3.83. The molecule has 0 aliphatic carbocycles. The molecule has 1 saturated heterocycles. The molecule has 1 aliphatic heterocycles. The van der Waals surface area contributed by atoms with Crippen LogP contribution in [-0.4, -0.2) is 37.0 Å². The summed E-state index contributed by atoms with van der Waals surface area (Å²) in [6.45, 7) is 5.20. The molecule has 1 aliphatic rings. The zero-order valence-electron chi connectivity index (χ0n) is 12.4. The van der Waals surface area contributed by atoms with Crippen LogP contribution in [0.2, 0.25) is 0 Å². The van der Waals surface area contributed by atoms with E-state index in [0.29, 0.717) is 19.0 Å². The fourth-order valence-corrected chi connectivity index (χ4v) is 2.78. The van der Waals surface area contributed by atoms with E-state index < -0.39 is 11.6 Å². The molecule has 21 heavy (non-hydrogen) atoms. The van der Waals surface area contributed by atoms with E-state index in [1.165, 1.54) is 0 Å². The monoisotopic (exact) mass is 296 g/mol. The molecule has 0 saturated carbocycles. The van der Waals surface area contributed by atoms with E-state index in [9.17, 15) is 13.6 Å². The molecule has 0 radical (unpaired) electrons. The number of carbonyl (C=O) groups is 1. The number of nitrogens with one attached hydrogen (secondary N) is 1. The quantitative estimate of drug-likeness (QED) is 0.906. The maximum Gasteiger partial charge on any atom is 0.254 e. The molecule has 2 rings (SSSR count). The molecule has 0 unspecified atom stereocenters. The van der Waals surface area contributed by atoms with Crippen molar-refractivity contribution in [3.8, 4) is 0 Å². The van der Waals surface area contributed by atoms with Gasteiger partial charge in [0.05, 0.1) is 0 Å². The summed E-state index contributed by atoms with van der Waals surface area (Å²) in [5.74, 6) is -1.25. The van der Waals surface area contributed by atoms with Gasteiger partial charge in [0.15, 0.2) is 0 Å². The molecule has 5 heteroatoms. The molecule has 0 bridgehead atoms. The van der Waals surface area contributed by atoms with E-state index in [1.54, 1.807) is 4.90 Å². The van der Waals surface area contributed by atoms with Gasteiger partial charge in [0.25, 0.3) is 5.91 Å². The SMILES string of the molecule is CCCN(CC1CCNCC1)C(=O)c1cc(F)cc(F)c1. The maximum atomic E-state index is 13.3. The van der Waals surface area contributed by atoms with Crippen LogP contribution in [0.5, 0.6) is 0 Å². The number of halogens is 2. The lowest BCUT2D eigenvalue weighted by molar-refractivity contribution is 0.0715. The zero-order chi connectivity index (χ0) is 15.2. The van der Waals surface area contributed by atoms with Crippen molar-refractivity contribution >= 4 is 5.91 Å². The molecule has 0 spiro atoms. The van der Waals surface area contributed by atoms with Gasteiger partial charge in [-0.3, -0.25) is 4.79 Å². The Bertz CT molecular complexity index is 467. The number of hydrogen-bond donors (Lipinski definition) is 1. The highest BCUT2D eigenvalue weighted by molar-refractivity contribution is 5.94. The third-order valence-electron chi connectivity index (χ3n) is 3.83. The van der Waals surface area contributed by atoms with Crippen molar-refractivity contribution in [2.45, 2.75) is 26.2 Å². The highest BCUT2D eigenvalue weighted by Gasteiger charge is 2.22. The Balaban J connectivity index is 2.10. The topological polar surface area (TPSA) is 32.3 Å². The minimum absolute atomic E-state index is 0.0925. The summed E-state index contributed by atoms with van der Waals surface area (Å²) in [5.41, 5.74) is 0.0925. The first-order chi connectivity index (χ1) is 10.1. The second-order valence-corrected chi connectivity index (χ2v) is 5.60. The molecule has 1 aromatic rings. The van der Waals surface area contributed by atoms with E-state index in [1.807, 2.05) is 6.92 Å². The first kappa shape index (κ1) is 15.9. The Labute approximate surface area is 124 Å². The van der Waals surface area contributed by atoms with Crippen LogP contribution in [0, 0.1) is 17.6 Å². The second-order valence-electron chi connectivity index (χ2n) is 5.60. The minimum atomic E-state index is -0.711. The summed E-state index contributed by atoms with van der Waals surface area (Å²) < 4.78 is 26.6. The lowest BCUT2D eigenvalue weighted by Crippen LogP contribution is -2.39. The lowest BCUT2D eigenvalue weighted by Gasteiger charge is -2.30. The summed E-state index contributed by atoms with van der Waals surface area (Å²) in [5, 5.41) is 3.29. The Kier molecular flexibility index (Phi) is 5.67. The number of carbonyl (C=O) groups excluding carboxylic acids is 1. The Morgan fingerprint density at radius 3 is 2.43 bits per heavy atom. The van der Waals surface area contributed by atoms with Crippen molar-refractivity contribution in [3.63, 3.8) is 0 Å². The van der Waals surface area contributed by atoms with E-state index >= 15 is 0 Å². The van der Waals surface area contributed by atoms with Crippen LogP contribution in [0.3, 0.4) is 0 Å². The molecule has 3 nitrogen and oxygen atoms in total. The molecule has 0 atom stereocenters. The molecule has 1 N–H and O–H groups in total. The smallest absolute Gasteiger partial charge is 0.254 e. The molecule has 1 aromatic carbocycles. The molecule has 0 aromatic heterocycles. The average molecular weight is 296 g/mol. The van der Waals surface area contributed by atoms with Crippen molar-refractivity contribution < 1.29 is 13.6 Å². The molecule has 1 amide bonds. The summed E-state index contributed by atoms with van der Waals surface area (Å²) in [4.78, 5) is 14.2. The molecular formula is C16H22F2N2O. The van der Waals surface area contributed by atoms with E-state index in [2.05, 4.69) is 5.32 Å². The molecule has 1 heterocycles. The number of piperidine rings is 1. The van der Waals surface area contributed by atoms with E-state index in [0.717, 1.165) is 50.6 Å². The Morgan fingerprint density at radius 2 is 1.86 bits per heavy atom. The predicted octanol–water partition coefficient (Wildman–Crippen LogP) is 2.82. The summed E-state index contributed by atoms with van der Waals surface area (Å²) in [6, 6.07) is 3.00. The van der Waals surface area contributed by atoms with Gasteiger partial charge >= 0.3 is 0 Å². The van der Waals surface area contributed by atoms with Gasteiger partial charge in [0, 0.05) is 24.7 Å². The Morgan fingerprint density at radius 1 is 1.24 bits per heavy atom.